The van der Waals surface area contributed by atoms with Crippen LogP contribution in [0.3, 0.4) is 0 Å². The van der Waals surface area contributed by atoms with Gasteiger partial charge in [-0.25, -0.2) is 0 Å². The van der Waals surface area contributed by atoms with Gasteiger partial charge in [0.2, 0.25) is 0 Å². The smallest absolute Gasteiger partial charge is 0.418 e. The van der Waals surface area contributed by atoms with Crippen molar-refractivity contribution >= 4 is 14.5 Å². The molecule has 0 bridgehead atoms. The van der Waals surface area contributed by atoms with Crippen molar-refractivity contribution in [2.75, 3.05) is 65.6 Å². The molecule has 0 radical (unpaired) electrons. The Morgan fingerprint density at radius 2 is 0.800 bits per heavy atom. The number of nitrogens with zero attached hydrogens (tertiary/aromatic N) is 2. The highest BCUT2D eigenvalue weighted by Crippen LogP contribution is 2.21. The van der Waals surface area contributed by atoms with Gasteiger partial charge in [0.1, 0.15) is 13.1 Å². The van der Waals surface area contributed by atoms with Gasteiger partial charge >= 0.3 is 14.5 Å². The Bertz CT molecular complexity index is 457. The molecule has 0 unspecified atom stereocenters. The van der Waals surface area contributed by atoms with Gasteiger partial charge in [-0.15, -0.1) is 0 Å². The number of ether oxygens (including phenoxy) is 1. The van der Waals surface area contributed by atoms with E-state index in [1.807, 2.05) is 0 Å². The molecular formula is C22H46B2F8N2O. The number of halogens is 8. The number of likely N-dealkylation sites (tertiary alicyclic amines) is 2. The van der Waals surface area contributed by atoms with E-state index in [1.165, 1.54) is 126 Å². The van der Waals surface area contributed by atoms with Gasteiger partial charge in [0.05, 0.1) is 52.5 Å². The first-order chi connectivity index (χ1) is 16.2. The molecule has 2 saturated heterocycles. The summed E-state index contributed by atoms with van der Waals surface area (Å²) in [7, 11) is -12.0. The molecule has 0 aliphatic carbocycles. The Hall–Kier alpha value is -0.550. The third-order valence-corrected chi connectivity index (χ3v) is 6.92. The van der Waals surface area contributed by atoms with E-state index >= 15 is 0 Å². The second-order valence-corrected chi connectivity index (χ2v) is 9.90. The zero-order valence-electron chi connectivity index (χ0n) is 21.6. The van der Waals surface area contributed by atoms with Gasteiger partial charge < -0.3 is 48.2 Å². The number of hydrogen-bond acceptors (Lipinski definition) is 1. The van der Waals surface area contributed by atoms with Crippen LogP contribution in [0.5, 0.6) is 0 Å². The molecule has 0 spiro atoms. The zero-order chi connectivity index (χ0) is 26.8. The van der Waals surface area contributed by atoms with E-state index in [-0.39, 0.29) is 0 Å². The minimum atomic E-state index is -6.00. The lowest BCUT2D eigenvalue weighted by molar-refractivity contribution is -0.936. The van der Waals surface area contributed by atoms with Crippen LogP contribution in [0.4, 0.5) is 34.5 Å². The van der Waals surface area contributed by atoms with Crippen LogP contribution in [0.2, 0.25) is 0 Å². The maximum Gasteiger partial charge on any atom is 0.673 e. The summed E-state index contributed by atoms with van der Waals surface area (Å²) >= 11 is 0. The molecule has 2 heterocycles. The fourth-order valence-corrected chi connectivity index (χ4v) is 5.09. The first kappa shape index (κ1) is 34.4. The molecule has 35 heavy (non-hydrogen) atoms. The highest BCUT2D eigenvalue weighted by Gasteiger charge is 2.30. The van der Waals surface area contributed by atoms with Crippen LogP contribution in [0.15, 0.2) is 0 Å². The summed E-state index contributed by atoms with van der Waals surface area (Å²) in [6.45, 7) is 17.5. The lowest BCUT2D eigenvalue weighted by Crippen LogP contribution is -2.55. The van der Waals surface area contributed by atoms with Crippen LogP contribution in [-0.2, 0) is 4.74 Å². The summed E-state index contributed by atoms with van der Waals surface area (Å²) in [4.78, 5) is 0. The van der Waals surface area contributed by atoms with Crippen LogP contribution in [0, 0.1) is 0 Å². The number of hydrogen-bond donors (Lipinski definition) is 0. The lowest BCUT2D eigenvalue weighted by Gasteiger charge is -2.42. The number of piperidine rings is 2. The molecule has 0 atom stereocenters. The standard InChI is InChI=1S/C22H46N2O.2BF4/c1-3-5-13-23(15-9-7-10-16-23)19-21-25-22-20-24(14-6-4-2)17-11-8-12-18-24;2*2-1(3,4)5/h3-22H2,1-2H3;;/q+2;2*-1. The fraction of sp³-hybridized carbons (Fsp3) is 1.00. The molecule has 212 valence electrons. The maximum atomic E-state index is 9.75. The predicted molar refractivity (Wildman–Crippen MR) is 128 cm³/mol. The molecule has 2 aliphatic heterocycles. The number of rotatable bonds is 12. The molecule has 0 aromatic carbocycles. The molecule has 0 N–H and O–H groups in total. The van der Waals surface area contributed by atoms with Crippen molar-refractivity contribution in [1.82, 2.24) is 0 Å². The van der Waals surface area contributed by atoms with Crippen LogP contribution in [-0.4, -0.2) is 89.0 Å². The van der Waals surface area contributed by atoms with E-state index in [1.54, 1.807) is 0 Å². The molecular weight excluding hydrogens is 482 g/mol. The average molecular weight is 528 g/mol. The average Bonchev–Trinajstić information content (AvgIpc) is 2.75. The summed E-state index contributed by atoms with van der Waals surface area (Å²) in [5.41, 5.74) is 0. The van der Waals surface area contributed by atoms with Crippen molar-refractivity contribution in [1.29, 1.82) is 0 Å². The predicted octanol–water partition coefficient (Wildman–Crippen LogP) is 7.20. The van der Waals surface area contributed by atoms with Gasteiger partial charge in [-0.05, 0) is 51.4 Å². The van der Waals surface area contributed by atoms with Gasteiger partial charge in [-0.1, -0.05) is 26.7 Å². The first-order valence-corrected chi connectivity index (χ1v) is 13.3. The Labute approximate surface area is 206 Å². The van der Waals surface area contributed by atoms with Crippen molar-refractivity contribution in [3.8, 4) is 0 Å². The maximum absolute atomic E-state index is 9.75. The second-order valence-electron chi connectivity index (χ2n) is 9.90. The minimum Gasteiger partial charge on any atom is -0.418 e. The van der Waals surface area contributed by atoms with Crippen LogP contribution < -0.4 is 0 Å². The third-order valence-electron chi connectivity index (χ3n) is 6.92. The molecule has 13 heteroatoms. The third kappa shape index (κ3) is 21.3. The summed E-state index contributed by atoms with van der Waals surface area (Å²) in [6, 6.07) is 0. The van der Waals surface area contributed by atoms with Crippen molar-refractivity contribution in [3.05, 3.63) is 0 Å². The SMILES string of the molecule is CCCC[N+]1(CCOCC[N+]2(CCCC)CCCCC2)CCCCC1.F[B-](F)(F)F.F[B-](F)(F)F. The fourth-order valence-electron chi connectivity index (χ4n) is 5.09. The normalized spacial score (nSPS) is 19.7. The lowest BCUT2D eigenvalue weighted by atomic mass is 10.1. The van der Waals surface area contributed by atoms with Crippen molar-refractivity contribution in [2.24, 2.45) is 0 Å². The van der Waals surface area contributed by atoms with E-state index in [4.69, 9.17) is 4.74 Å². The van der Waals surface area contributed by atoms with Crippen molar-refractivity contribution in [2.45, 2.75) is 78.1 Å². The Morgan fingerprint density at radius 1 is 0.514 bits per heavy atom. The van der Waals surface area contributed by atoms with E-state index in [9.17, 15) is 34.5 Å². The molecule has 0 saturated carbocycles. The van der Waals surface area contributed by atoms with Crippen LogP contribution >= 0.6 is 0 Å². The summed E-state index contributed by atoms with van der Waals surface area (Å²) in [6.07, 6.45) is 14.1. The van der Waals surface area contributed by atoms with Crippen LogP contribution in [0.1, 0.15) is 78.1 Å². The topological polar surface area (TPSA) is 9.23 Å². The Kier molecular flexibility index (Phi) is 17.5. The molecule has 0 amide bonds. The molecule has 2 fully saturated rings. The van der Waals surface area contributed by atoms with Gasteiger partial charge in [0.25, 0.3) is 0 Å². The largest absolute Gasteiger partial charge is 0.673 e. The summed E-state index contributed by atoms with van der Waals surface area (Å²) < 4.78 is 86.9. The van der Waals surface area contributed by atoms with E-state index < -0.39 is 14.5 Å². The van der Waals surface area contributed by atoms with Gasteiger partial charge in [-0.2, -0.15) is 0 Å². The van der Waals surface area contributed by atoms with Crippen LogP contribution in [0.25, 0.3) is 0 Å². The van der Waals surface area contributed by atoms with E-state index in [0.29, 0.717) is 0 Å². The minimum absolute atomic E-state index is 0.984. The Morgan fingerprint density at radius 3 is 1.06 bits per heavy atom. The number of unbranched alkanes of at least 4 members (excludes halogenated alkanes) is 2. The van der Waals surface area contributed by atoms with Crippen molar-refractivity contribution in [3.63, 3.8) is 0 Å². The second kappa shape index (κ2) is 17.8. The van der Waals surface area contributed by atoms with Gasteiger partial charge in [0, 0.05) is 0 Å². The molecule has 3 nitrogen and oxygen atoms in total. The quantitative estimate of drug-likeness (QED) is 0.113. The molecule has 0 aromatic heterocycles. The van der Waals surface area contributed by atoms with Gasteiger partial charge in [-0.3, -0.25) is 0 Å². The first-order valence-electron chi connectivity index (χ1n) is 13.3. The highest BCUT2D eigenvalue weighted by molar-refractivity contribution is 6.50. The van der Waals surface area contributed by atoms with Crippen molar-refractivity contribution < 1.29 is 48.2 Å². The molecule has 2 rings (SSSR count). The number of quaternary nitrogens is 2. The van der Waals surface area contributed by atoms with Gasteiger partial charge in [0.15, 0.2) is 0 Å². The summed E-state index contributed by atoms with van der Waals surface area (Å²) in [5, 5.41) is 0. The summed E-state index contributed by atoms with van der Waals surface area (Å²) in [5.74, 6) is 0. The Balaban J connectivity index is 0.000000975. The highest BCUT2D eigenvalue weighted by atomic mass is 19.5. The monoisotopic (exact) mass is 528 g/mol. The molecule has 0 aromatic rings. The molecule has 2 aliphatic rings. The van der Waals surface area contributed by atoms with E-state index in [2.05, 4.69) is 13.8 Å². The zero-order valence-corrected chi connectivity index (χ0v) is 21.6. The van der Waals surface area contributed by atoms with E-state index in [0.717, 1.165) is 13.2 Å².